The second-order valence-electron chi connectivity index (χ2n) is 12.6. The second kappa shape index (κ2) is 10.7. The number of carbonyl (C=O) groups is 1. The number of nitrogens with two attached hydrogens (primary N) is 1. The smallest absolute Gasteiger partial charge is 0.330 e. The first-order valence-corrected chi connectivity index (χ1v) is 14.5. The van der Waals surface area contributed by atoms with Gasteiger partial charge >= 0.3 is 6.18 Å². The van der Waals surface area contributed by atoms with Crippen LogP contribution in [0, 0.1) is 5.92 Å². The number of anilines is 1. The van der Waals surface area contributed by atoms with E-state index in [1.807, 2.05) is 29.8 Å². The number of carbonyl (C=O) groups excluding carboxylic acids is 1. The molecular formula is C31H35F5N6O. The molecule has 1 unspecified atom stereocenters. The Kier molecular flexibility index (Phi) is 7.36. The molecule has 43 heavy (non-hydrogen) atoms. The van der Waals surface area contributed by atoms with Gasteiger partial charge in [-0.3, -0.25) is 9.69 Å². The van der Waals surface area contributed by atoms with E-state index in [1.165, 1.54) is 11.0 Å². The predicted octanol–water partition coefficient (Wildman–Crippen LogP) is 5.46. The van der Waals surface area contributed by atoms with Gasteiger partial charge in [-0.1, -0.05) is 12.1 Å². The molecule has 1 aliphatic heterocycles. The molecule has 230 valence electrons. The van der Waals surface area contributed by atoms with Crippen LogP contribution in [0.5, 0.6) is 0 Å². The first-order valence-electron chi connectivity index (χ1n) is 14.5. The summed E-state index contributed by atoms with van der Waals surface area (Å²) in [6.07, 6.45) is -1.04. The van der Waals surface area contributed by atoms with Crippen LogP contribution in [0.25, 0.3) is 0 Å². The van der Waals surface area contributed by atoms with Crippen molar-refractivity contribution in [3.63, 3.8) is 0 Å². The third kappa shape index (κ3) is 5.55. The van der Waals surface area contributed by atoms with Gasteiger partial charge in [-0.15, -0.1) is 10.2 Å². The van der Waals surface area contributed by atoms with Gasteiger partial charge in [0.15, 0.2) is 0 Å². The Bertz CT molecular complexity index is 1530. The number of amides is 1. The average molecular weight is 603 g/mol. The number of fused-ring (bicyclic) bond motifs is 1. The zero-order valence-electron chi connectivity index (χ0n) is 24.2. The zero-order chi connectivity index (χ0) is 30.7. The molecule has 2 saturated carbocycles. The normalized spacial score (nSPS) is 25.0. The lowest BCUT2D eigenvalue weighted by atomic mass is 9.57. The van der Waals surface area contributed by atoms with Crippen LogP contribution in [0.2, 0.25) is 0 Å². The average Bonchev–Trinajstić information content (AvgIpc) is 3.61. The van der Waals surface area contributed by atoms with Gasteiger partial charge in [0.25, 0.3) is 5.91 Å². The van der Waals surface area contributed by atoms with Crippen LogP contribution >= 0.6 is 0 Å². The molecule has 1 amide bonds. The quantitative estimate of drug-likeness (QED) is 0.347. The minimum Gasteiger partial charge on any atom is -0.330 e. The van der Waals surface area contributed by atoms with Crippen LogP contribution in [0.1, 0.15) is 70.5 Å². The highest BCUT2D eigenvalue weighted by Crippen LogP contribution is 2.50. The maximum atomic E-state index is 14.3. The topological polar surface area (TPSA) is 80.3 Å². The molecule has 2 aromatic carbocycles. The Morgan fingerprint density at radius 2 is 1.91 bits per heavy atom. The number of alkyl halides is 5. The van der Waals surface area contributed by atoms with Crippen molar-refractivity contribution < 1.29 is 26.7 Å². The fourth-order valence-corrected chi connectivity index (χ4v) is 7.21. The third-order valence-electron chi connectivity index (χ3n) is 9.60. The molecule has 2 aliphatic carbocycles. The Morgan fingerprint density at radius 1 is 1.14 bits per heavy atom. The standard InChI is InChI=1S/C31H35F5N6O/c1-40(23-6-7-30(32,33)13-23)16-19-8-24-25(26(9-19)31(34,35)36)17-42(28(24)43)22-5-3-4-21(10-22)29(11-20(12-29)15-37)14-27-39-38-18-41(27)2/h3-5,8-10,18,20,23H,6-7,11-17,37H2,1-2H3/t20-,23?,29-. The highest BCUT2D eigenvalue weighted by Gasteiger charge is 2.47. The third-order valence-corrected chi connectivity index (χ3v) is 9.60. The summed E-state index contributed by atoms with van der Waals surface area (Å²) >= 11 is 0. The van der Waals surface area contributed by atoms with Crippen molar-refractivity contribution >= 4 is 11.6 Å². The van der Waals surface area contributed by atoms with E-state index >= 15 is 0 Å². The lowest BCUT2D eigenvalue weighted by Gasteiger charge is -2.48. The zero-order valence-corrected chi connectivity index (χ0v) is 24.2. The van der Waals surface area contributed by atoms with Crippen molar-refractivity contribution in [2.24, 2.45) is 18.7 Å². The van der Waals surface area contributed by atoms with Crippen LogP contribution in [0.4, 0.5) is 27.6 Å². The van der Waals surface area contributed by atoms with Gasteiger partial charge in [-0.25, -0.2) is 8.78 Å². The molecule has 6 rings (SSSR count). The van der Waals surface area contributed by atoms with Crippen LogP contribution < -0.4 is 10.6 Å². The van der Waals surface area contributed by atoms with Crippen LogP contribution in [-0.2, 0) is 38.1 Å². The number of aromatic nitrogens is 3. The van der Waals surface area contributed by atoms with Gasteiger partial charge < -0.3 is 15.2 Å². The SMILES string of the molecule is CN(Cc1cc2c(c(C(F)(F)F)c1)CN(c1cccc([C@]3(Cc4nncn4C)C[C@@H](CN)C3)c1)C2=O)C1CCC(F)(F)C1. The summed E-state index contributed by atoms with van der Waals surface area (Å²) in [6, 6.07) is 9.58. The molecule has 2 heterocycles. The molecule has 1 aromatic heterocycles. The van der Waals surface area contributed by atoms with Crippen molar-refractivity contribution in [3.8, 4) is 0 Å². The van der Waals surface area contributed by atoms with Crippen LogP contribution in [0.3, 0.4) is 0 Å². The van der Waals surface area contributed by atoms with E-state index in [-0.39, 0.29) is 54.5 Å². The van der Waals surface area contributed by atoms with Gasteiger partial charge in [0.05, 0.1) is 12.1 Å². The number of aryl methyl sites for hydroxylation is 1. The van der Waals surface area contributed by atoms with E-state index in [2.05, 4.69) is 10.2 Å². The molecule has 12 heteroatoms. The summed E-state index contributed by atoms with van der Waals surface area (Å²) in [5.74, 6) is -2.11. The largest absolute Gasteiger partial charge is 0.416 e. The second-order valence-corrected chi connectivity index (χ2v) is 12.6. The molecule has 1 atom stereocenters. The van der Waals surface area contributed by atoms with Gasteiger partial charge in [-0.05, 0) is 79.7 Å². The fourth-order valence-electron chi connectivity index (χ4n) is 7.21. The molecule has 0 radical (unpaired) electrons. The minimum atomic E-state index is -4.68. The molecule has 2 N–H and O–H groups in total. The Balaban J connectivity index is 1.30. The number of halogens is 5. The van der Waals surface area contributed by atoms with Crippen molar-refractivity contribution in [2.45, 2.75) is 75.2 Å². The number of rotatable bonds is 8. The maximum Gasteiger partial charge on any atom is 0.416 e. The van der Waals surface area contributed by atoms with E-state index in [0.717, 1.165) is 30.3 Å². The summed E-state index contributed by atoms with van der Waals surface area (Å²) in [7, 11) is 3.52. The molecule has 0 bridgehead atoms. The highest BCUT2D eigenvalue weighted by atomic mass is 19.4. The van der Waals surface area contributed by atoms with Crippen LogP contribution in [0.15, 0.2) is 42.7 Å². The number of nitrogens with zero attached hydrogens (tertiary/aromatic N) is 5. The van der Waals surface area contributed by atoms with Crippen molar-refractivity contribution in [1.29, 1.82) is 0 Å². The van der Waals surface area contributed by atoms with Gasteiger partial charge in [0.1, 0.15) is 12.2 Å². The van der Waals surface area contributed by atoms with Gasteiger partial charge in [0, 0.05) is 55.6 Å². The van der Waals surface area contributed by atoms with E-state index < -0.39 is 29.6 Å². The van der Waals surface area contributed by atoms with Crippen LogP contribution in [-0.4, -0.2) is 51.1 Å². The van der Waals surface area contributed by atoms with Crippen molar-refractivity contribution in [1.82, 2.24) is 19.7 Å². The maximum absolute atomic E-state index is 14.3. The first-order chi connectivity index (χ1) is 20.3. The molecule has 0 saturated heterocycles. The monoisotopic (exact) mass is 602 g/mol. The Labute approximate surface area is 246 Å². The lowest BCUT2D eigenvalue weighted by molar-refractivity contribution is -0.138. The highest BCUT2D eigenvalue weighted by molar-refractivity contribution is 6.10. The Hall–Kier alpha value is -3.38. The van der Waals surface area contributed by atoms with Gasteiger partial charge in [0.2, 0.25) is 5.92 Å². The molecule has 2 fully saturated rings. The minimum absolute atomic E-state index is 0.000942. The van der Waals surface area contributed by atoms with Crippen molar-refractivity contribution in [3.05, 3.63) is 76.4 Å². The van der Waals surface area contributed by atoms with E-state index in [4.69, 9.17) is 5.73 Å². The lowest BCUT2D eigenvalue weighted by Crippen LogP contribution is -2.46. The summed E-state index contributed by atoms with van der Waals surface area (Å²) in [4.78, 5) is 16.8. The molecular weight excluding hydrogens is 567 g/mol. The summed E-state index contributed by atoms with van der Waals surface area (Å²) in [5.41, 5.74) is 6.53. The summed E-state index contributed by atoms with van der Waals surface area (Å²) in [6.45, 7) is 0.382. The fraction of sp³-hybridized carbons (Fsp3) is 0.516. The van der Waals surface area contributed by atoms with E-state index in [1.54, 1.807) is 24.3 Å². The van der Waals surface area contributed by atoms with E-state index in [9.17, 15) is 26.7 Å². The molecule has 3 aromatic rings. The number of hydrogen-bond acceptors (Lipinski definition) is 5. The first kappa shape index (κ1) is 29.7. The van der Waals surface area contributed by atoms with Gasteiger partial charge in [-0.2, -0.15) is 13.2 Å². The number of benzene rings is 2. The number of hydrogen-bond donors (Lipinski definition) is 1. The summed E-state index contributed by atoms with van der Waals surface area (Å²) < 4.78 is 72.4. The predicted molar refractivity (Wildman–Crippen MR) is 151 cm³/mol. The molecule has 3 aliphatic rings. The van der Waals surface area contributed by atoms with E-state index in [0.29, 0.717) is 24.6 Å². The summed E-state index contributed by atoms with van der Waals surface area (Å²) in [5, 5.41) is 8.26. The van der Waals surface area contributed by atoms with Crippen molar-refractivity contribution in [2.75, 3.05) is 18.5 Å². The molecule has 0 spiro atoms. The Morgan fingerprint density at radius 3 is 2.53 bits per heavy atom. The molecule has 7 nitrogen and oxygen atoms in total.